The van der Waals surface area contributed by atoms with Gasteiger partial charge < -0.3 is 0 Å². The molecule has 0 aliphatic carbocycles. The molecule has 2 aromatic rings. The molecule has 0 spiro atoms. The van der Waals surface area contributed by atoms with Crippen molar-refractivity contribution >= 4 is 39.2 Å². The molecule has 0 aliphatic heterocycles. The van der Waals surface area contributed by atoms with Crippen LogP contribution in [0.15, 0.2) is 53.0 Å². The van der Waals surface area contributed by atoms with Crippen LogP contribution < -0.4 is 0 Å². The smallest absolute Gasteiger partial charge is 0.0478 e. The molecule has 0 heterocycles. The van der Waals surface area contributed by atoms with Crippen LogP contribution >= 0.6 is 27.5 Å². The normalized spacial score (nSPS) is 11.6. The quantitative estimate of drug-likeness (QED) is 0.628. The van der Waals surface area contributed by atoms with E-state index in [2.05, 4.69) is 41.1 Å². The second-order valence-electron chi connectivity index (χ2n) is 3.86. The van der Waals surface area contributed by atoms with Crippen molar-refractivity contribution in [3.05, 3.63) is 69.2 Å². The van der Waals surface area contributed by atoms with Crippen molar-refractivity contribution in [2.24, 2.45) is 0 Å². The van der Waals surface area contributed by atoms with E-state index < -0.39 is 0 Å². The number of benzene rings is 2. The van der Waals surface area contributed by atoms with Gasteiger partial charge in [-0.25, -0.2) is 0 Å². The van der Waals surface area contributed by atoms with Gasteiger partial charge in [-0.2, -0.15) is 0 Å². The highest BCUT2D eigenvalue weighted by Crippen LogP contribution is 2.23. The van der Waals surface area contributed by atoms with Crippen molar-refractivity contribution in [3.8, 4) is 0 Å². The third-order valence-electron chi connectivity index (χ3n) is 2.58. The van der Waals surface area contributed by atoms with Crippen LogP contribution in [0.3, 0.4) is 0 Å². The molecule has 0 amide bonds. The van der Waals surface area contributed by atoms with E-state index in [0.29, 0.717) is 0 Å². The zero-order valence-electron chi connectivity index (χ0n) is 9.45. The summed E-state index contributed by atoms with van der Waals surface area (Å²) in [6.07, 6.45) is 2.10. The van der Waals surface area contributed by atoms with Gasteiger partial charge in [-0.15, -0.1) is 0 Å². The summed E-state index contributed by atoms with van der Waals surface area (Å²) in [7, 11) is 0. The number of rotatable bonds is 2. The Bertz CT molecular complexity index is 541. The zero-order chi connectivity index (χ0) is 12.3. The minimum Gasteiger partial charge on any atom is -0.0837 e. The fourth-order valence-corrected chi connectivity index (χ4v) is 2.08. The summed E-state index contributed by atoms with van der Waals surface area (Å²) in [6.45, 7) is 2.09. The Morgan fingerprint density at radius 3 is 2.35 bits per heavy atom. The first-order chi connectivity index (χ1) is 8.16. The fourth-order valence-electron chi connectivity index (χ4n) is 1.62. The fraction of sp³-hybridized carbons (Fsp3) is 0.0667. The Balaban J connectivity index is 2.34. The van der Waals surface area contributed by atoms with Crippen LogP contribution in [0, 0.1) is 0 Å². The molecule has 0 bridgehead atoms. The molecule has 0 fully saturated rings. The lowest BCUT2D eigenvalue weighted by atomic mass is 10.0. The highest BCUT2D eigenvalue weighted by molar-refractivity contribution is 9.10. The van der Waals surface area contributed by atoms with Crippen LogP contribution in [0.1, 0.15) is 18.1 Å². The Labute approximate surface area is 115 Å². The van der Waals surface area contributed by atoms with Crippen LogP contribution in [0.25, 0.3) is 11.6 Å². The van der Waals surface area contributed by atoms with Gasteiger partial charge in [0.2, 0.25) is 0 Å². The third-order valence-corrected chi connectivity index (χ3v) is 3.45. The van der Waals surface area contributed by atoms with Crippen molar-refractivity contribution in [3.63, 3.8) is 0 Å². The molecule has 2 heteroatoms. The Morgan fingerprint density at radius 2 is 1.71 bits per heavy atom. The lowest BCUT2D eigenvalue weighted by Gasteiger charge is -2.03. The number of hydrogen-bond donors (Lipinski definition) is 0. The summed E-state index contributed by atoms with van der Waals surface area (Å²) >= 11 is 9.56. The highest BCUT2D eigenvalue weighted by Gasteiger charge is 1.99. The molecule has 0 N–H and O–H groups in total. The van der Waals surface area contributed by atoms with Crippen LogP contribution in [0.5, 0.6) is 0 Å². The first kappa shape index (κ1) is 12.4. The summed E-state index contributed by atoms with van der Waals surface area (Å²) < 4.78 is 1.09. The molecule has 0 nitrogen and oxygen atoms in total. The van der Waals surface area contributed by atoms with Crippen molar-refractivity contribution in [2.75, 3.05) is 0 Å². The van der Waals surface area contributed by atoms with Gasteiger partial charge in [0.25, 0.3) is 0 Å². The lowest BCUT2D eigenvalue weighted by molar-refractivity contribution is 1.55. The molecule has 0 aliphatic rings. The second kappa shape index (κ2) is 5.52. The van der Waals surface area contributed by atoms with E-state index in [4.69, 9.17) is 11.6 Å². The van der Waals surface area contributed by atoms with Gasteiger partial charge in [0.1, 0.15) is 0 Å². The minimum atomic E-state index is 0.781. The molecule has 0 saturated heterocycles. The summed E-state index contributed by atoms with van der Waals surface area (Å²) in [5.74, 6) is 0. The SMILES string of the molecule is CC(=Cc1ccccc1Cl)c1ccc(Br)cc1. The molecule has 0 radical (unpaired) electrons. The molecule has 86 valence electrons. The van der Waals surface area contributed by atoms with Crippen molar-refractivity contribution < 1.29 is 0 Å². The van der Waals surface area contributed by atoms with Gasteiger partial charge in [-0.05, 0) is 47.9 Å². The van der Waals surface area contributed by atoms with Gasteiger partial charge in [0, 0.05) is 9.50 Å². The number of halogens is 2. The molecule has 0 aromatic heterocycles. The summed E-state index contributed by atoms with van der Waals surface area (Å²) in [6, 6.07) is 16.1. The molecule has 2 rings (SSSR count). The van der Waals surface area contributed by atoms with Crippen molar-refractivity contribution in [1.29, 1.82) is 0 Å². The van der Waals surface area contributed by atoms with Crippen molar-refractivity contribution in [1.82, 2.24) is 0 Å². The largest absolute Gasteiger partial charge is 0.0837 e. The van der Waals surface area contributed by atoms with Crippen LogP contribution in [0.2, 0.25) is 5.02 Å². The Hall–Kier alpha value is -1.05. The lowest BCUT2D eigenvalue weighted by Crippen LogP contribution is -1.80. The van der Waals surface area contributed by atoms with E-state index in [0.717, 1.165) is 15.1 Å². The first-order valence-corrected chi connectivity index (χ1v) is 6.52. The second-order valence-corrected chi connectivity index (χ2v) is 5.18. The van der Waals surface area contributed by atoms with E-state index in [1.54, 1.807) is 0 Å². The minimum absolute atomic E-state index is 0.781. The monoisotopic (exact) mass is 306 g/mol. The van der Waals surface area contributed by atoms with E-state index in [1.165, 1.54) is 11.1 Å². The molecule has 0 unspecified atom stereocenters. The maximum atomic E-state index is 6.13. The van der Waals surface area contributed by atoms with Gasteiger partial charge in [-0.3, -0.25) is 0 Å². The molecule has 2 aromatic carbocycles. The van der Waals surface area contributed by atoms with Gasteiger partial charge in [0.05, 0.1) is 0 Å². The predicted molar refractivity (Wildman–Crippen MR) is 79.1 cm³/mol. The predicted octanol–water partition coefficient (Wildman–Crippen LogP) is 5.66. The van der Waals surface area contributed by atoms with Gasteiger partial charge in [0.15, 0.2) is 0 Å². The average molecular weight is 308 g/mol. The van der Waals surface area contributed by atoms with Gasteiger partial charge in [-0.1, -0.05) is 57.9 Å². The van der Waals surface area contributed by atoms with Gasteiger partial charge >= 0.3 is 0 Å². The maximum absolute atomic E-state index is 6.13. The zero-order valence-corrected chi connectivity index (χ0v) is 11.8. The Morgan fingerprint density at radius 1 is 1.06 bits per heavy atom. The van der Waals surface area contributed by atoms with E-state index in [9.17, 15) is 0 Å². The molecule has 17 heavy (non-hydrogen) atoms. The Kier molecular flexibility index (Phi) is 4.03. The highest BCUT2D eigenvalue weighted by atomic mass is 79.9. The third kappa shape index (κ3) is 3.21. The molecule has 0 atom stereocenters. The van der Waals surface area contributed by atoms with Crippen molar-refractivity contribution in [2.45, 2.75) is 6.92 Å². The molecular formula is C15H12BrCl. The van der Waals surface area contributed by atoms with Crippen LogP contribution in [-0.4, -0.2) is 0 Å². The van der Waals surface area contributed by atoms with Crippen LogP contribution in [0.4, 0.5) is 0 Å². The van der Waals surface area contributed by atoms with E-state index in [1.807, 2.05) is 36.4 Å². The molecule has 0 saturated carbocycles. The average Bonchev–Trinajstić information content (AvgIpc) is 2.33. The maximum Gasteiger partial charge on any atom is 0.0478 e. The summed E-state index contributed by atoms with van der Waals surface area (Å²) in [4.78, 5) is 0. The number of allylic oxidation sites excluding steroid dienone is 1. The van der Waals surface area contributed by atoms with E-state index in [-0.39, 0.29) is 0 Å². The topological polar surface area (TPSA) is 0 Å². The standard InChI is InChI=1S/C15H12BrCl/c1-11(12-6-8-14(16)9-7-12)10-13-4-2-3-5-15(13)17/h2-10H,1H3. The number of hydrogen-bond acceptors (Lipinski definition) is 0. The van der Waals surface area contributed by atoms with Crippen LogP contribution in [-0.2, 0) is 0 Å². The summed E-state index contributed by atoms with van der Waals surface area (Å²) in [5.41, 5.74) is 3.45. The first-order valence-electron chi connectivity index (χ1n) is 5.35. The van der Waals surface area contributed by atoms with E-state index >= 15 is 0 Å². The molecular weight excluding hydrogens is 296 g/mol. The summed E-state index contributed by atoms with van der Waals surface area (Å²) in [5, 5.41) is 0.781.